The molecule has 0 spiro atoms. The van der Waals surface area contributed by atoms with Crippen molar-refractivity contribution in [2.45, 2.75) is 11.5 Å². The van der Waals surface area contributed by atoms with Gasteiger partial charge < -0.3 is 4.42 Å². The standard InChI is InChI=1S/C17H12BrN3OS2/c18-12-6-2-1-5-11(12)17-21-20-15(22-17)9-23-10-16-19-13-7-3-4-8-14(13)24-16/h1-8H,9-10H2. The smallest absolute Gasteiger partial charge is 0.248 e. The Hall–Kier alpha value is -1.70. The molecule has 4 nitrogen and oxygen atoms in total. The second kappa shape index (κ2) is 7.04. The molecule has 0 atom stereocenters. The molecular formula is C17H12BrN3OS2. The molecule has 0 radical (unpaired) electrons. The predicted octanol–water partition coefficient (Wildman–Crippen LogP) is 5.54. The van der Waals surface area contributed by atoms with Gasteiger partial charge in [-0.25, -0.2) is 4.98 Å². The summed E-state index contributed by atoms with van der Waals surface area (Å²) in [7, 11) is 0. The molecule has 2 aromatic carbocycles. The monoisotopic (exact) mass is 417 g/mol. The zero-order valence-corrected chi connectivity index (χ0v) is 15.7. The van der Waals surface area contributed by atoms with E-state index in [0.29, 0.717) is 17.5 Å². The van der Waals surface area contributed by atoms with E-state index in [4.69, 9.17) is 4.42 Å². The van der Waals surface area contributed by atoms with E-state index in [0.717, 1.165) is 26.3 Å². The van der Waals surface area contributed by atoms with Crippen molar-refractivity contribution < 1.29 is 4.42 Å². The highest BCUT2D eigenvalue weighted by Crippen LogP contribution is 2.29. The van der Waals surface area contributed by atoms with Gasteiger partial charge in [0, 0.05) is 10.2 Å². The van der Waals surface area contributed by atoms with Crippen LogP contribution in [-0.2, 0) is 11.5 Å². The number of hydrogen-bond donors (Lipinski definition) is 0. The molecule has 4 rings (SSSR count). The largest absolute Gasteiger partial charge is 0.420 e. The third-order valence-electron chi connectivity index (χ3n) is 3.36. The van der Waals surface area contributed by atoms with Crippen molar-refractivity contribution in [2.75, 3.05) is 0 Å². The van der Waals surface area contributed by atoms with E-state index in [1.165, 1.54) is 4.70 Å². The molecule has 0 aliphatic rings. The fraction of sp³-hybridized carbons (Fsp3) is 0.118. The van der Waals surface area contributed by atoms with Gasteiger partial charge in [0.05, 0.1) is 21.5 Å². The van der Waals surface area contributed by atoms with Crippen LogP contribution < -0.4 is 0 Å². The van der Waals surface area contributed by atoms with Crippen LogP contribution in [0.25, 0.3) is 21.7 Å². The van der Waals surface area contributed by atoms with Gasteiger partial charge >= 0.3 is 0 Å². The van der Waals surface area contributed by atoms with Gasteiger partial charge in [0.15, 0.2) is 0 Å². The number of aromatic nitrogens is 3. The maximum absolute atomic E-state index is 5.76. The third kappa shape index (κ3) is 3.38. The normalized spacial score (nSPS) is 11.2. The molecule has 4 aromatic rings. The van der Waals surface area contributed by atoms with E-state index in [1.807, 2.05) is 42.5 Å². The topological polar surface area (TPSA) is 51.8 Å². The minimum Gasteiger partial charge on any atom is -0.420 e. The van der Waals surface area contributed by atoms with Crippen LogP contribution in [0.1, 0.15) is 10.9 Å². The number of hydrogen-bond acceptors (Lipinski definition) is 6. The molecule has 24 heavy (non-hydrogen) atoms. The molecule has 0 unspecified atom stereocenters. The number of nitrogens with zero attached hydrogens (tertiary/aromatic N) is 3. The summed E-state index contributed by atoms with van der Waals surface area (Å²) in [6.07, 6.45) is 0. The highest BCUT2D eigenvalue weighted by atomic mass is 79.9. The molecule has 2 aromatic heterocycles. The average molecular weight is 418 g/mol. The lowest BCUT2D eigenvalue weighted by molar-refractivity contribution is 0.528. The molecular weight excluding hydrogens is 406 g/mol. The first-order valence-electron chi connectivity index (χ1n) is 7.29. The second-order valence-corrected chi connectivity index (χ2v) is 8.00. The van der Waals surface area contributed by atoms with Gasteiger partial charge in [0.1, 0.15) is 5.01 Å². The van der Waals surface area contributed by atoms with Crippen molar-refractivity contribution in [1.82, 2.24) is 15.2 Å². The van der Waals surface area contributed by atoms with E-state index in [2.05, 4.69) is 37.2 Å². The summed E-state index contributed by atoms with van der Waals surface area (Å²) in [5.74, 6) is 2.68. The lowest BCUT2D eigenvalue weighted by atomic mass is 10.2. The first-order chi connectivity index (χ1) is 11.8. The summed E-state index contributed by atoms with van der Waals surface area (Å²) >= 11 is 6.96. The number of thioether (sulfide) groups is 1. The van der Waals surface area contributed by atoms with Gasteiger partial charge in [-0.3, -0.25) is 0 Å². The van der Waals surface area contributed by atoms with E-state index in [-0.39, 0.29) is 0 Å². The SMILES string of the molecule is Brc1ccccc1-c1nnc(CSCc2nc3ccccc3s2)o1. The molecule has 0 aliphatic carbocycles. The summed E-state index contributed by atoms with van der Waals surface area (Å²) in [6.45, 7) is 0. The molecule has 0 fully saturated rings. The van der Waals surface area contributed by atoms with E-state index in [1.54, 1.807) is 23.1 Å². The third-order valence-corrected chi connectivity index (χ3v) is 6.20. The number of halogens is 1. The summed E-state index contributed by atoms with van der Waals surface area (Å²) in [6, 6.07) is 16.0. The molecule has 0 saturated carbocycles. The molecule has 0 N–H and O–H groups in total. The number of rotatable bonds is 5. The van der Waals surface area contributed by atoms with E-state index >= 15 is 0 Å². The van der Waals surface area contributed by atoms with E-state index < -0.39 is 0 Å². The van der Waals surface area contributed by atoms with Gasteiger partial charge in [0.25, 0.3) is 0 Å². The summed E-state index contributed by atoms with van der Waals surface area (Å²) in [5.41, 5.74) is 1.97. The van der Waals surface area contributed by atoms with Gasteiger partial charge in [0.2, 0.25) is 11.8 Å². The Kier molecular flexibility index (Phi) is 4.64. The molecule has 120 valence electrons. The van der Waals surface area contributed by atoms with E-state index in [9.17, 15) is 0 Å². The van der Waals surface area contributed by atoms with Crippen LogP contribution >= 0.6 is 39.0 Å². The number of fused-ring (bicyclic) bond motifs is 1. The Morgan fingerprint density at radius 3 is 2.71 bits per heavy atom. The average Bonchev–Trinajstić information content (AvgIpc) is 3.22. The van der Waals surface area contributed by atoms with Crippen molar-refractivity contribution in [3.63, 3.8) is 0 Å². The molecule has 0 saturated heterocycles. The van der Waals surface area contributed by atoms with Crippen LogP contribution in [0.2, 0.25) is 0 Å². The maximum Gasteiger partial charge on any atom is 0.248 e. The van der Waals surface area contributed by atoms with Crippen molar-refractivity contribution in [1.29, 1.82) is 0 Å². The van der Waals surface area contributed by atoms with Crippen LogP contribution in [-0.4, -0.2) is 15.2 Å². The molecule has 2 heterocycles. The second-order valence-electron chi connectivity index (χ2n) is 5.05. The van der Waals surface area contributed by atoms with Crippen molar-refractivity contribution in [3.05, 3.63) is 63.9 Å². The Balaban J connectivity index is 1.41. The molecule has 0 amide bonds. The maximum atomic E-state index is 5.76. The quantitative estimate of drug-likeness (QED) is 0.426. The van der Waals surface area contributed by atoms with Crippen LogP contribution in [0.3, 0.4) is 0 Å². The zero-order chi connectivity index (χ0) is 16.4. The predicted molar refractivity (Wildman–Crippen MR) is 102 cm³/mol. The van der Waals surface area contributed by atoms with Gasteiger partial charge in [-0.05, 0) is 40.2 Å². The lowest BCUT2D eigenvalue weighted by Crippen LogP contribution is -1.82. The number of para-hydroxylation sites is 1. The lowest BCUT2D eigenvalue weighted by Gasteiger charge is -1.97. The van der Waals surface area contributed by atoms with Crippen molar-refractivity contribution in [2.24, 2.45) is 0 Å². The number of benzene rings is 2. The molecule has 7 heteroatoms. The summed E-state index contributed by atoms with van der Waals surface area (Å²) in [5, 5.41) is 9.38. The van der Waals surface area contributed by atoms with Crippen LogP contribution in [0.4, 0.5) is 0 Å². The fourth-order valence-corrected chi connectivity index (χ4v) is 4.60. The Morgan fingerprint density at radius 1 is 1.00 bits per heavy atom. The van der Waals surface area contributed by atoms with Crippen molar-refractivity contribution in [3.8, 4) is 11.5 Å². The zero-order valence-electron chi connectivity index (χ0n) is 12.5. The van der Waals surface area contributed by atoms with Gasteiger partial charge in [-0.1, -0.05) is 24.3 Å². The molecule has 0 aliphatic heterocycles. The molecule has 0 bridgehead atoms. The van der Waals surface area contributed by atoms with Crippen LogP contribution in [0, 0.1) is 0 Å². The Morgan fingerprint density at radius 2 is 1.83 bits per heavy atom. The fourth-order valence-electron chi connectivity index (χ4n) is 2.26. The first kappa shape index (κ1) is 15.8. The van der Waals surface area contributed by atoms with Gasteiger partial charge in [-0.15, -0.1) is 33.3 Å². The number of thiazole rings is 1. The van der Waals surface area contributed by atoms with Gasteiger partial charge in [-0.2, -0.15) is 0 Å². The Labute approximate surface area is 155 Å². The van der Waals surface area contributed by atoms with Crippen molar-refractivity contribution >= 4 is 49.2 Å². The first-order valence-corrected chi connectivity index (χ1v) is 10.1. The van der Waals surface area contributed by atoms with Crippen LogP contribution in [0.5, 0.6) is 0 Å². The minimum atomic E-state index is 0.540. The summed E-state index contributed by atoms with van der Waals surface area (Å²) < 4.78 is 7.93. The Bertz CT molecular complexity index is 950. The highest BCUT2D eigenvalue weighted by molar-refractivity contribution is 9.10. The van der Waals surface area contributed by atoms with Crippen LogP contribution in [0.15, 0.2) is 57.4 Å². The highest BCUT2D eigenvalue weighted by Gasteiger charge is 2.11. The minimum absolute atomic E-state index is 0.540. The summed E-state index contributed by atoms with van der Waals surface area (Å²) in [4.78, 5) is 4.63.